The van der Waals surface area contributed by atoms with Crippen molar-refractivity contribution >= 4 is 11.6 Å². The molecule has 1 aromatic carbocycles. The number of fused-ring (bicyclic) bond motifs is 2. The minimum absolute atomic E-state index is 0.0311. The summed E-state index contributed by atoms with van der Waals surface area (Å²) in [5.41, 5.74) is 1.36. The van der Waals surface area contributed by atoms with Gasteiger partial charge in [0.1, 0.15) is 11.3 Å². The van der Waals surface area contributed by atoms with E-state index in [1.165, 1.54) is 12.5 Å². The number of carbonyl (C=O) groups is 1. The topological polar surface area (TPSA) is 59.3 Å². The molecule has 2 heterocycles. The van der Waals surface area contributed by atoms with Crippen LogP contribution in [0.15, 0.2) is 36.5 Å². The minimum Gasteiger partial charge on any atom is -0.345 e. The van der Waals surface area contributed by atoms with Crippen LogP contribution in [0.25, 0.3) is 5.65 Å². The van der Waals surface area contributed by atoms with Gasteiger partial charge < -0.3 is 5.32 Å². The second-order valence-electron chi connectivity index (χ2n) is 6.34. The van der Waals surface area contributed by atoms with Gasteiger partial charge in [0, 0.05) is 5.69 Å². The van der Waals surface area contributed by atoms with Gasteiger partial charge in [0.05, 0.1) is 12.2 Å². The van der Waals surface area contributed by atoms with E-state index in [2.05, 4.69) is 15.4 Å². The summed E-state index contributed by atoms with van der Waals surface area (Å²) in [5, 5.41) is 6.63. The summed E-state index contributed by atoms with van der Waals surface area (Å²) in [6.07, 6.45) is -1.85. The fourth-order valence-electron chi connectivity index (χ4n) is 3.39. The Morgan fingerprint density at radius 3 is 2.85 bits per heavy atom. The molecule has 1 aliphatic carbocycles. The maximum absolute atomic E-state index is 13.2. The van der Waals surface area contributed by atoms with Crippen LogP contribution < -0.4 is 5.32 Å². The molecule has 4 rings (SSSR count). The van der Waals surface area contributed by atoms with E-state index in [1.807, 2.05) is 24.3 Å². The molecule has 1 unspecified atom stereocenters. The normalized spacial score (nSPS) is 16.7. The lowest BCUT2D eigenvalue weighted by molar-refractivity contribution is -0.142. The average molecular weight is 360 g/mol. The van der Waals surface area contributed by atoms with E-state index in [4.69, 9.17) is 0 Å². The van der Waals surface area contributed by atoms with E-state index in [1.54, 1.807) is 0 Å². The molecule has 1 amide bonds. The summed E-state index contributed by atoms with van der Waals surface area (Å²) >= 11 is 0. The summed E-state index contributed by atoms with van der Waals surface area (Å²) in [7, 11) is 0. The number of nitrogens with one attached hydrogen (secondary N) is 1. The number of hydrogen-bond donors (Lipinski definition) is 1. The van der Waals surface area contributed by atoms with Crippen LogP contribution in [-0.2, 0) is 12.6 Å². The van der Waals surface area contributed by atoms with Gasteiger partial charge in [-0.25, -0.2) is 9.50 Å². The Labute approximate surface area is 146 Å². The number of rotatable bonds is 2. The third-order valence-electron chi connectivity index (χ3n) is 4.57. The maximum Gasteiger partial charge on any atom is 0.433 e. The summed E-state index contributed by atoms with van der Waals surface area (Å²) in [5.74, 6) is -0.479. The molecule has 0 saturated carbocycles. The lowest BCUT2D eigenvalue weighted by Crippen LogP contribution is -2.27. The molecule has 26 heavy (non-hydrogen) atoms. The van der Waals surface area contributed by atoms with Crippen molar-refractivity contribution in [2.75, 3.05) is 0 Å². The summed E-state index contributed by atoms with van der Waals surface area (Å²) < 4.78 is 40.3. The van der Waals surface area contributed by atoms with Crippen LogP contribution in [0.3, 0.4) is 0 Å². The highest BCUT2D eigenvalue weighted by molar-refractivity contribution is 6.00. The van der Waals surface area contributed by atoms with Crippen molar-refractivity contribution in [1.82, 2.24) is 19.9 Å². The van der Waals surface area contributed by atoms with Gasteiger partial charge in [0.2, 0.25) is 0 Å². The van der Waals surface area contributed by atoms with Crippen molar-refractivity contribution < 1.29 is 18.0 Å². The van der Waals surface area contributed by atoms with Crippen LogP contribution in [0.1, 0.15) is 45.3 Å². The highest BCUT2D eigenvalue weighted by Crippen LogP contribution is 2.32. The zero-order valence-corrected chi connectivity index (χ0v) is 13.8. The molecular weight excluding hydrogens is 345 g/mol. The number of nitrogens with zero attached hydrogens (tertiary/aromatic N) is 3. The summed E-state index contributed by atoms with van der Waals surface area (Å²) in [6, 6.07) is 8.55. The van der Waals surface area contributed by atoms with Gasteiger partial charge >= 0.3 is 6.18 Å². The predicted molar refractivity (Wildman–Crippen MR) is 87.7 cm³/mol. The van der Waals surface area contributed by atoms with Crippen LogP contribution in [0.2, 0.25) is 0 Å². The molecule has 1 N–H and O–H groups in total. The number of halogens is 3. The Kier molecular flexibility index (Phi) is 3.71. The van der Waals surface area contributed by atoms with Gasteiger partial charge in [-0.1, -0.05) is 24.3 Å². The molecule has 2 aromatic heterocycles. The average Bonchev–Trinajstić information content (AvgIpc) is 3.17. The SMILES string of the molecule is Cc1cc(C(F)(F)F)n2ncc(C(=O)NC3CCc4ccccc43)c2n1. The molecule has 0 spiro atoms. The first kappa shape index (κ1) is 16.6. The third kappa shape index (κ3) is 2.71. The molecule has 8 heteroatoms. The fourth-order valence-corrected chi connectivity index (χ4v) is 3.39. The number of aryl methyl sites for hydroxylation is 2. The number of aromatic nitrogens is 3. The number of carbonyl (C=O) groups excluding carboxylic acids is 1. The molecular formula is C18H15F3N4O. The van der Waals surface area contributed by atoms with E-state index in [0.717, 1.165) is 30.7 Å². The zero-order chi connectivity index (χ0) is 18.5. The van der Waals surface area contributed by atoms with Crippen LogP contribution in [0, 0.1) is 6.92 Å². The Morgan fingerprint density at radius 2 is 2.08 bits per heavy atom. The fraction of sp³-hybridized carbons (Fsp3) is 0.278. The van der Waals surface area contributed by atoms with Crippen molar-refractivity contribution in [1.29, 1.82) is 0 Å². The molecule has 0 radical (unpaired) electrons. The first-order valence-corrected chi connectivity index (χ1v) is 8.16. The molecule has 1 atom stereocenters. The molecule has 134 valence electrons. The second-order valence-corrected chi connectivity index (χ2v) is 6.34. The Hall–Kier alpha value is -2.90. The van der Waals surface area contributed by atoms with Gasteiger partial charge in [0.15, 0.2) is 5.65 Å². The van der Waals surface area contributed by atoms with Crippen molar-refractivity contribution in [2.24, 2.45) is 0 Å². The Bertz CT molecular complexity index is 1010. The predicted octanol–water partition coefficient (Wildman–Crippen LogP) is 3.47. The minimum atomic E-state index is -4.59. The van der Waals surface area contributed by atoms with Gasteiger partial charge in [-0.3, -0.25) is 4.79 Å². The smallest absolute Gasteiger partial charge is 0.345 e. The molecule has 3 aromatic rings. The Morgan fingerprint density at radius 1 is 1.31 bits per heavy atom. The Balaban J connectivity index is 1.69. The molecule has 0 bridgehead atoms. The zero-order valence-electron chi connectivity index (χ0n) is 13.8. The molecule has 5 nitrogen and oxygen atoms in total. The van der Waals surface area contributed by atoms with E-state index in [-0.39, 0.29) is 22.9 Å². The molecule has 0 fully saturated rings. The number of alkyl halides is 3. The highest BCUT2D eigenvalue weighted by atomic mass is 19.4. The highest BCUT2D eigenvalue weighted by Gasteiger charge is 2.35. The van der Waals surface area contributed by atoms with Gasteiger partial charge in [-0.05, 0) is 37.0 Å². The quantitative estimate of drug-likeness (QED) is 0.761. The number of hydrogen-bond acceptors (Lipinski definition) is 3. The lowest BCUT2D eigenvalue weighted by atomic mass is 10.1. The molecule has 0 aliphatic heterocycles. The van der Waals surface area contributed by atoms with Crippen LogP contribution >= 0.6 is 0 Å². The molecule has 0 saturated heterocycles. The van der Waals surface area contributed by atoms with Crippen molar-refractivity contribution in [3.8, 4) is 0 Å². The number of benzene rings is 1. The summed E-state index contributed by atoms with van der Waals surface area (Å²) in [4.78, 5) is 16.8. The largest absolute Gasteiger partial charge is 0.433 e. The monoisotopic (exact) mass is 360 g/mol. The van der Waals surface area contributed by atoms with E-state index < -0.39 is 17.8 Å². The van der Waals surface area contributed by atoms with E-state index in [9.17, 15) is 18.0 Å². The maximum atomic E-state index is 13.2. The molecule has 1 aliphatic rings. The summed E-state index contributed by atoms with van der Waals surface area (Å²) in [6.45, 7) is 1.46. The standard InChI is InChI=1S/C18H15F3N4O/c1-10-8-15(18(19,20)21)25-16(23-10)13(9-22-25)17(26)24-14-7-6-11-4-2-3-5-12(11)14/h2-5,8-9,14H,6-7H2,1H3,(H,24,26). The second kappa shape index (κ2) is 5.82. The lowest BCUT2D eigenvalue weighted by Gasteiger charge is -2.14. The van der Waals surface area contributed by atoms with Crippen LogP contribution in [0.4, 0.5) is 13.2 Å². The van der Waals surface area contributed by atoms with Gasteiger partial charge in [-0.2, -0.15) is 18.3 Å². The van der Waals surface area contributed by atoms with Gasteiger partial charge in [-0.15, -0.1) is 0 Å². The van der Waals surface area contributed by atoms with Crippen molar-refractivity contribution in [2.45, 2.75) is 32.0 Å². The third-order valence-corrected chi connectivity index (χ3v) is 4.57. The van der Waals surface area contributed by atoms with E-state index in [0.29, 0.717) is 4.52 Å². The number of amides is 1. The van der Waals surface area contributed by atoms with Gasteiger partial charge in [0.25, 0.3) is 5.91 Å². The first-order valence-electron chi connectivity index (χ1n) is 8.16. The first-order chi connectivity index (χ1) is 12.3. The van der Waals surface area contributed by atoms with Crippen molar-refractivity contribution in [3.63, 3.8) is 0 Å². The van der Waals surface area contributed by atoms with Crippen LogP contribution in [0.5, 0.6) is 0 Å². The van der Waals surface area contributed by atoms with Crippen LogP contribution in [-0.4, -0.2) is 20.5 Å². The van der Waals surface area contributed by atoms with E-state index >= 15 is 0 Å². The van der Waals surface area contributed by atoms with Crippen molar-refractivity contribution in [3.05, 3.63) is 64.6 Å².